The second kappa shape index (κ2) is 9.05. The van der Waals surface area contributed by atoms with Crippen LogP contribution >= 0.6 is 0 Å². The number of rotatable bonds is 9. The maximum absolute atomic E-state index is 12.3. The second-order valence-corrected chi connectivity index (χ2v) is 8.28. The Kier molecular flexibility index (Phi) is 7.27. The summed E-state index contributed by atoms with van der Waals surface area (Å²) in [6.45, 7) is 4.98. The Labute approximate surface area is 157 Å². The molecule has 0 aromatic heterocycles. The van der Waals surface area contributed by atoms with Crippen molar-refractivity contribution < 1.29 is 30.6 Å². The van der Waals surface area contributed by atoms with Crippen LogP contribution in [0.3, 0.4) is 0 Å². The van der Waals surface area contributed by atoms with Crippen molar-refractivity contribution in [3.05, 3.63) is 29.8 Å². The summed E-state index contributed by atoms with van der Waals surface area (Å²) in [7, 11) is -5.69. The number of halogens is 3. The Morgan fingerprint density at radius 2 is 1.74 bits per heavy atom. The van der Waals surface area contributed by atoms with Gasteiger partial charge in [-0.05, 0) is 63.0 Å². The second-order valence-electron chi connectivity index (χ2n) is 6.75. The number of hydrogen-bond donors (Lipinski definition) is 0. The summed E-state index contributed by atoms with van der Waals surface area (Å²) >= 11 is 0. The SMILES string of the molecule is C[C@@H](C(=O)CCCCN1CCCC1)c1ccc(OS(=O)(=O)C(F)(F)F)cc1. The molecule has 27 heavy (non-hydrogen) atoms. The van der Waals surface area contributed by atoms with E-state index < -0.39 is 27.3 Å². The van der Waals surface area contributed by atoms with E-state index in [1.807, 2.05) is 0 Å². The third-order valence-corrected chi connectivity index (χ3v) is 5.68. The summed E-state index contributed by atoms with van der Waals surface area (Å²) in [5.74, 6) is -0.806. The van der Waals surface area contributed by atoms with Crippen molar-refractivity contribution in [1.82, 2.24) is 4.90 Å². The Bertz CT molecular complexity index is 726. The zero-order chi connectivity index (χ0) is 20.1. The summed E-state index contributed by atoms with van der Waals surface area (Å²) in [6, 6.07) is 5.06. The predicted molar refractivity (Wildman–Crippen MR) is 95.0 cm³/mol. The van der Waals surface area contributed by atoms with Gasteiger partial charge >= 0.3 is 15.6 Å². The summed E-state index contributed by atoms with van der Waals surface area (Å²) in [5.41, 5.74) is -4.87. The number of benzene rings is 1. The molecule has 1 fully saturated rings. The predicted octanol–water partition coefficient (Wildman–Crippen LogP) is 3.85. The molecule has 0 radical (unpaired) electrons. The topological polar surface area (TPSA) is 63.7 Å². The smallest absolute Gasteiger partial charge is 0.376 e. The van der Waals surface area contributed by atoms with Crippen molar-refractivity contribution in [1.29, 1.82) is 0 Å². The van der Waals surface area contributed by atoms with E-state index in [0.29, 0.717) is 12.0 Å². The van der Waals surface area contributed by atoms with Crippen LogP contribution in [0.5, 0.6) is 5.75 Å². The molecule has 1 aliphatic rings. The fourth-order valence-electron chi connectivity index (χ4n) is 3.03. The lowest BCUT2D eigenvalue weighted by Crippen LogP contribution is -2.28. The molecule has 9 heteroatoms. The van der Waals surface area contributed by atoms with E-state index in [1.165, 1.54) is 25.0 Å². The summed E-state index contributed by atoms with van der Waals surface area (Å²) < 4.78 is 63.0. The number of alkyl halides is 3. The first-order valence-corrected chi connectivity index (χ1v) is 10.4. The minimum Gasteiger partial charge on any atom is -0.376 e. The zero-order valence-corrected chi connectivity index (χ0v) is 16.0. The minimum atomic E-state index is -5.69. The number of hydrogen-bond acceptors (Lipinski definition) is 5. The summed E-state index contributed by atoms with van der Waals surface area (Å²) in [5, 5.41) is 0. The Morgan fingerprint density at radius 3 is 2.30 bits per heavy atom. The molecule has 1 saturated heterocycles. The van der Waals surface area contributed by atoms with E-state index in [4.69, 9.17) is 0 Å². The third kappa shape index (κ3) is 6.21. The van der Waals surface area contributed by atoms with Gasteiger partial charge in [0.25, 0.3) is 0 Å². The molecule has 0 bridgehead atoms. The number of ketones is 1. The van der Waals surface area contributed by atoms with Crippen molar-refractivity contribution in [2.75, 3.05) is 19.6 Å². The van der Waals surface area contributed by atoms with E-state index in [0.717, 1.165) is 44.6 Å². The first-order chi connectivity index (χ1) is 12.6. The van der Waals surface area contributed by atoms with Gasteiger partial charge in [-0.15, -0.1) is 0 Å². The van der Waals surface area contributed by atoms with Crippen molar-refractivity contribution in [3.63, 3.8) is 0 Å². The molecule has 1 aromatic carbocycles. The summed E-state index contributed by atoms with van der Waals surface area (Å²) in [4.78, 5) is 14.7. The van der Waals surface area contributed by atoms with E-state index >= 15 is 0 Å². The van der Waals surface area contributed by atoms with Gasteiger partial charge in [0, 0.05) is 12.3 Å². The van der Waals surface area contributed by atoms with Gasteiger partial charge < -0.3 is 9.08 Å². The van der Waals surface area contributed by atoms with Gasteiger partial charge in [0.2, 0.25) is 0 Å². The number of nitrogens with zero attached hydrogens (tertiary/aromatic N) is 1. The third-order valence-electron chi connectivity index (χ3n) is 4.70. The van der Waals surface area contributed by atoms with Crippen LogP contribution in [0.2, 0.25) is 0 Å². The molecular weight excluding hydrogens is 383 g/mol. The molecule has 0 N–H and O–H groups in total. The zero-order valence-electron chi connectivity index (χ0n) is 15.2. The van der Waals surface area contributed by atoms with E-state index in [1.54, 1.807) is 6.92 Å². The molecule has 5 nitrogen and oxygen atoms in total. The molecule has 0 unspecified atom stereocenters. The van der Waals surface area contributed by atoms with Crippen LogP contribution in [0.25, 0.3) is 0 Å². The lowest BCUT2D eigenvalue weighted by Gasteiger charge is -2.15. The Balaban J connectivity index is 1.83. The fourth-order valence-corrected chi connectivity index (χ4v) is 3.49. The molecule has 152 valence electrons. The summed E-state index contributed by atoms with van der Waals surface area (Å²) in [6.07, 6.45) is 4.67. The van der Waals surface area contributed by atoms with Gasteiger partial charge in [-0.25, -0.2) is 0 Å². The molecule has 1 atom stereocenters. The van der Waals surface area contributed by atoms with Gasteiger partial charge in [-0.3, -0.25) is 4.79 Å². The normalized spacial score (nSPS) is 17.0. The first-order valence-electron chi connectivity index (χ1n) is 8.96. The number of carbonyl (C=O) groups excluding carboxylic acids is 1. The van der Waals surface area contributed by atoms with Gasteiger partial charge in [0.1, 0.15) is 11.5 Å². The highest BCUT2D eigenvalue weighted by Gasteiger charge is 2.48. The lowest BCUT2D eigenvalue weighted by atomic mass is 9.93. The molecule has 1 aliphatic heterocycles. The first kappa shape index (κ1) is 21.7. The number of unbranched alkanes of at least 4 members (excludes halogenated alkanes) is 1. The van der Waals surface area contributed by atoms with Gasteiger partial charge in [-0.2, -0.15) is 21.6 Å². The monoisotopic (exact) mass is 407 g/mol. The van der Waals surface area contributed by atoms with Crippen molar-refractivity contribution in [2.24, 2.45) is 0 Å². The molecular formula is C18H24F3NO4S. The van der Waals surface area contributed by atoms with Crippen LogP contribution in [-0.4, -0.2) is 44.2 Å². The van der Waals surface area contributed by atoms with Crippen molar-refractivity contribution in [2.45, 2.75) is 50.5 Å². The van der Waals surface area contributed by atoms with Crippen LogP contribution in [0.4, 0.5) is 13.2 Å². The molecule has 0 amide bonds. The molecule has 2 rings (SSSR count). The highest BCUT2D eigenvalue weighted by atomic mass is 32.2. The Hall–Kier alpha value is -1.61. The lowest BCUT2D eigenvalue weighted by molar-refractivity contribution is -0.120. The van der Waals surface area contributed by atoms with Crippen LogP contribution in [-0.2, 0) is 14.9 Å². The van der Waals surface area contributed by atoms with Crippen LogP contribution in [0.1, 0.15) is 50.5 Å². The average Bonchev–Trinajstić information content (AvgIpc) is 3.10. The number of likely N-dealkylation sites (tertiary alicyclic amines) is 1. The largest absolute Gasteiger partial charge is 0.534 e. The van der Waals surface area contributed by atoms with E-state index in [9.17, 15) is 26.4 Å². The molecule has 0 saturated carbocycles. The van der Waals surface area contributed by atoms with E-state index in [2.05, 4.69) is 9.08 Å². The van der Waals surface area contributed by atoms with E-state index in [-0.39, 0.29) is 5.78 Å². The average molecular weight is 407 g/mol. The Morgan fingerprint density at radius 1 is 1.15 bits per heavy atom. The van der Waals surface area contributed by atoms with Crippen molar-refractivity contribution in [3.8, 4) is 5.75 Å². The van der Waals surface area contributed by atoms with Crippen LogP contribution in [0, 0.1) is 0 Å². The van der Waals surface area contributed by atoms with Crippen molar-refractivity contribution >= 4 is 15.9 Å². The number of carbonyl (C=O) groups is 1. The highest BCUT2D eigenvalue weighted by molar-refractivity contribution is 7.88. The maximum atomic E-state index is 12.3. The molecule has 1 aromatic rings. The maximum Gasteiger partial charge on any atom is 0.534 e. The standard InChI is InChI=1S/C18H24F3NO4S/c1-14(17(23)6-2-3-11-22-12-4-5-13-22)15-7-9-16(10-8-15)26-27(24,25)18(19,20)21/h7-10,14H,2-6,11-13H2,1H3/t14-/m1/s1. The van der Waals surface area contributed by atoms with Gasteiger partial charge in [-0.1, -0.05) is 19.1 Å². The molecule has 1 heterocycles. The van der Waals surface area contributed by atoms with Gasteiger partial charge in [0.15, 0.2) is 0 Å². The number of Topliss-reactive ketones (excluding diaryl/α,β-unsaturated/α-hetero) is 1. The van der Waals surface area contributed by atoms with Crippen LogP contribution < -0.4 is 4.18 Å². The molecule has 0 spiro atoms. The highest BCUT2D eigenvalue weighted by Crippen LogP contribution is 2.28. The van der Waals surface area contributed by atoms with Crippen LogP contribution in [0.15, 0.2) is 24.3 Å². The fraction of sp³-hybridized carbons (Fsp3) is 0.611. The van der Waals surface area contributed by atoms with Gasteiger partial charge in [0.05, 0.1) is 0 Å². The molecule has 0 aliphatic carbocycles. The quantitative estimate of drug-likeness (QED) is 0.353. The minimum absolute atomic E-state index is 0.0491.